The number of halogens is 1. The van der Waals surface area contributed by atoms with Crippen LogP contribution in [-0.2, 0) is 0 Å². The molecule has 0 saturated heterocycles. The van der Waals surface area contributed by atoms with Crippen molar-refractivity contribution in [3.8, 4) is 0 Å². The first-order valence-corrected chi connectivity index (χ1v) is 7.10. The zero-order chi connectivity index (χ0) is 12.0. The van der Waals surface area contributed by atoms with Crippen molar-refractivity contribution in [3.05, 3.63) is 22.4 Å². The Balaban J connectivity index is 1.67. The van der Waals surface area contributed by atoms with Crippen LogP contribution >= 0.6 is 15.9 Å². The van der Waals surface area contributed by atoms with Crippen molar-refractivity contribution >= 4 is 21.8 Å². The molecule has 0 aliphatic heterocycles. The monoisotopic (exact) mass is 296 g/mol. The molecule has 1 aromatic rings. The van der Waals surface area contributed by atoms with E-state index in [-0.39, 0.29) is 5.91 Å². The molecule has 1 aromatic heterocycles. The first kappa shape index (κ1) is 11.3. The number of amides is 1. The quantitative estimate of drug-likeness (QED) is 0.911. The van der Waals surface area contributed by atoms with Crippen molar-refractivity contribution in [3.63, 3.8) is 0 Å². The second kappa shape index (κ2) is 4.16. The van der Waals surface area contributed by atoms with Gasteiger partial charge in [-0.25, -0.2) is 0 Å². The summed E-state index contributed by atoms with van der Waals surface area (Å²) in [7, 11) is 0. The van der Waals surface area contributed by atoms with Gasteiger partial charge in [0.15, 0.2) is 0 Å². The van der Waals surface area contributed by atoms with Gasteiger partial charge >= 0.3 is 0 Å². The largest absolute Gasteiger partial charge is 0.350 e. The summed E-state index contributed by atoms with van der Waals surface area (Å²) < 4.78 is 3.10. The highest BCUT2D eigenvalue weighted by Crippen LogP contribution is 2.38. The minimum Gasteiger partial charge on any atom is -0.350 e. The fourth-order valence-corrected chi connectivity index (χ4v) is 2.72. The Labute approximate surface area is 110 Å². The van der Waals surface area contributed by atoms with Crippen molar-refractivity contribution in [2.24, 2.45) is 11.8 Å². The number of carbonyl (C=O) groups excluding carboxylic acids is 1. The predicted octanol–water partition coefficient (Wildman–Crippen LogP) is 2.97. The van der Waals surface area contributed by atoms with Gasteiger partial charge in [-0.05, 0) is 53.1 Å². The van der Waals surface area contributed by atoms with Crippen LogP contribution in [0.15, 0.2) is 16.7 Å². The maximum atomic E-state index is 12.1. The van der Waals surface area contributed by atoms with Crippen molar-refractivity contribution in [2.75, 3.05) is 6.54 Å². The highest BCUT2D eigenvalue weighted by molar-refractivity contribution is 9.10. The van der Waals surface area contributed by atoms with Gasteiger partial charge in [-0.2, -0.15) is 0 Å². The number of nitrogens with zero attached hydrogens (tertiary/aromatic N) is 1. The third kappa shape index (κ3) is 2.41. The molecule has 0 radical (unpaired) electrons. The summed E-state index contributed by atoms with van der Waals surface area (Å²) in [5.74, 6) is 1.56. The van der Waals surface area contributed by atoms with Crippen LogP contribution in [0.3, 0.4) is 0 Å². The number of aromatic nitrogens is 1. The molecule has 1 N–H and O–H groups in total. The standard InChI is InChI=1S/C13H17BrN2O/c1-8-4-9(8)6-15-13(17)12-5-10(14)7-16(12)11-2-3-11/h5,7-9,11H,2-4,6H2,1H3,(H,15,17). The number of hydrogen-bond donors (Lipinski definition) is 1. The van der Waals surface area contributed by atoms with E-state index < -0.39 is 0 Å². The molecule has 17 heavy (non-hydrogen) atoms. The van der Waals surface area contributed by atoms with E-state index in [9.17, 15) is 4.79 Å². The van der Waals surface area contributed by atoms with Gasteiger partial charge in [-0.3, -0.25) is 4.79 Å². The molecule has 2 atom stereocenters. The summed E-state index contributed by atoms with van der Waals surface area (Å²) in [4.78, 5) is 12.1. The smallest absolute Gasteiger partial charge is 0.267 e. The zero-order valence-corrected chi connectivity index (χ0v) is 11.5. The summed E-state index contributed by atoms with van der Waals surface area (Å²) in [5, 5.41) is 3.05. The Morgan fingerprint density at radius 3 is 2.88 bits per heavy atom. The molecule has 2 unspecified atom stereocenters. The second-order valence-corrected chi connectivity index (χ2v) is 6.28. The number of carbonyl (C=O) groups is 1. The number of rotatable bonds is 4. The summed E-state index contributed by atoms with van der Waals surface area (Å²) in [6.07, 6.45) is 5.67. The van der Waals surface area contributed by atoms with Gasteiger partial charge < -0.3 is 9.88 Å². The SMILES string of the molecule is CC1CC1CNC(=O)c1cc(Br)cn1C1CC1. The zero-order valence-electron chi connectivity index (χ0n) is 9.95. The van der Waals surface area contributed by atoms with Gasteiger partial charge in [0.2, 0.25) is 0 Å². The Hall–Kier alpha value is -0.770. The molecular formula is C13H17BrN2O. The lowest BCUT2D eigenvalue weighted by atomic mass is 10.3. The molecule has 2 saturated carbocycles. The maximum Gasteiger partial charge on any atom is 0.267 e. The van der Waals surface area contributed by atoms with Crippen LogP contribution in [-0.4, -0.2) is 17.0 Å². The Morgan fingerprint density at radius 1 is 1.59 bits per heavy atom. The molecule has 0 aromatic carbocycles. The van der Waals surface area contributed by atoms with Gasteiger partial charge in [-0.15, -0.1) is 0 Å². The van der Waals surface area contributed by atoms with E-state index in [1.807, 2.05) is 12.3 Å². The van der Waals surface area contributed by atoms with Gasteiger partial charge in [0.1, 0.15) is 5.69 Å². The average molecular weight is 297 g/mol. The topological polar surface area (TPSA) is 34.0 Å². The van der Waals surface area contributed by atoms with Gasteiger partial charge in [-0.1, -0.05) is 6.92 Å². The number of nitrogens with one attached hydrogen (secondary N) is 1. The fourth-order valence-electron chi connectivity index (χ4n) is 2.28. The van der Waals surface area contributed by atoms with E-state index in [2.05, 4.69) is 32.7 Å². The molecule has 0 bridgehead atoms. The van der Waals surface area contributed by atoms with Crippen LogP contribution in [0.25, 0.3) is 0 Å². The van der Waals surface area contributed by atoms with Crippen LogP contribution < -0.4 is 5.32 Å². The molecular weight excluding hydrogens is 280 g/mol. The molecule has 1 amide bonds. The van der Waals surface area contributed by atoms with E-state index >= 15 is 0 Å². The van der Waals surface area contributed by atoms with Crippen molar-refractivity contribution < 1.29 is 4.79 Å². The molecule has 0 spiro atoms. The summed E-state index contributed by atoms with van der Waals surface area (Å²) in [6.45, 7) is 3.06. The van der Waals surface area contributed by atoms with Crippen LogP contribution in [0.5, 0.6) is 0 Å². The minimum atomic E-state index is 0.0710. The molecule has 2 aliphatic rings. The summed E-state index contributed by atoms with van der Waals surface area (Å²) >= 11 is 3.45. The normalized spacial score (nSPS) is 26.9. The van der Waals surface area contributed by atoms with Crippen molar-refractivity contribution in [1.82, 2.24) is 9.88 Å². The summed E-state index contributed by atoms with van der Waals surface area (Å²) in [5.41, 5.74) is 0.799. The van der Waals surface area contributed by atoms with E-state index in [1.165, 1.54) is 19.3 Å². The lowest BCUT2D eigenvalue weighted by Gasteiger charge is -2.08. The van der Waals surface area contributed by atoms with E-state index in [4.69, 9.17) is 0 Å². The third-order valence-electron chi connectivity index (χ3n) is 3.79. The highest BCUT2D eigenvalue weighted by atomic mass is 79.9. The third-order valence-corrected chi connectivity index (χ3v) is 4.22. The molecule has 2 fully saturated rings. The predicted molar refractivity (Wildman–Crippen MR) is 70.0 cm³/mol. The lowest BCUT2D eigenvalue weighted by Crippen LogP contribution is -2.27. The average Bonchev–Trinajstić information content (AvgIpc) is 3.19. The lowest BCUT2D eigenvalue weighted by molar-refractivity contribution is 0.0942. The molecule has 2 aliphatic carbocycles. The Morgan fingerprint density at radius 2 is 2.29 bits per heavy atom. The van der Waals surface area contributed by atoms with Crippen molar-refractivity contribution in [1.29, 1.82) is 0 Å². The molecule has 92 valence electrons. The fraction of sp³-hybridized carbons (Fsp3) is 0.615. The van der Waals surface area contributed by atoms with Gasteiger partial charge in [0, 0.05) is 23.3 Å². The van der Waals surface area contributed by atoms with E-state index in [1.54, 1.807) is 0 Å². The van der Waals surface area contributed by atoms with Crippen LogP contribution in [0, 0.1) is 11.8 Å². The Kier molecular flexibility index (Phi) is 2.77. The number of hydrogen-bond acceptors (Lipinski definition) is 1. The maximum absolute atomic E-state index is 12.1. The Bertz CT molecular complexity index is 450. The first-order valence-electron chi connectivity index (χ1n) is 6.30. The van der Waals surface area contributed by atoms with Gasteiger partial charge in [0.25, 0.3) is 5.91 Å². The van der Waals surface area contributed by atoms with Crippen molar-refractivity contribution in [2.45, 2.75) is 32.2 Å². The van der Waals surface area contributed by atoms with E-state index in [0.717, 1.165) is 22.6 Å². The van der Waals surface area contributed by atoms with Crippen LogP contribution in [0.2, 0.25) is 0 Å². The van der Waals surface area contributed by atoms with Gasteiger partial charge in [0.05, 0.1) is 0 Å². The minimum absolute atomic E-state index is 0.0710. The highest BCUT2D eigenvalue weighted by Gasteiger charge is 2.33. The van der Waals surface area contributed by atoms with Crippen LogP contribution in [0.4, 0.5) is 0 Å². The first-order chi connectivity index (χ1) is 8.15. The molecule has 1 heterocycles. The second-order valence-electron chi connectivity index (χ2n) is 5.37. The molecule has 4 heteroatoms. The van der Waals surface area contributed by atoms with Crippen LogP contribution in [0.1, 0.15) is 42.7 Å². The van der Waals surface area contributed by atoms with E-state index in [0.29, 0.717) is 12.0 Å². The summed E-state index contributed by atoms with van der Waals surface area (Å²) in [6, 6.07) is 2.46. The molecule has 3 nitrogen and oxygen atoms in total. The molecule has 3 rings (SSSR count).